The lowest BCUT2D eigenvalue weighted by atomic mass is 9.69. The molecule has 5 rings (SSSR count). The van der Waals surface area contributed by atoms with Crippen LogP contribution in [0.4, 0.5) is 0 Å². The minimum atomic E-state index is -0.170. The van der Waals surface area contributed by atoms with E-state index in [0.29, 0.717) is 5.92 Å². The molecule has 27 heavy (non-hydrogen) atoms. The van der Waals surface area contributed by atoms with Gasteiger partial charge in [-0.3, -0.25) is 5.10 Å². The van der Waals surface area contributed by atoms with E-state index < -0.39 is 0 Å². The zero-order valence-electron chi connectivity index (χ0n) is 15.2. The number of oxime groups is 1. The molecular weight excluding hydrogens is 354 g/mol. The Labute approximate surface area is 162 Å². The molecule has 5 heteroatoms. The molecule has 0 spiro atoms. The molecule has 1 atom stereocenters. The number of aromatic nitrogens is 2. The molecule has 2 aliphatic rings. The van der Waals surface area contributed by atoms with Gasteiger partial charge in [-0.25, -0.2) is 0 Å². The third-order valence-corrected chi connectivity index (χ3v) is 6.28. The summed E-state index contributed by atoms with van der Waals surface area (Å²) in [5, 5.41) is 16.6. The number of thiophene rings is 1. The second kappa shape index (κ2) is 6.50. The predicted molar refractivity (Wildman–Crippen MR) is 109 cm³/mol. The Morgan fingerprint density at radius 1 is 1.22 bits per heavy atom. The molecule has 0 radical (unpaired) electrons. The highest BCUT2D eigenvalue weighted by Gasteiger charge is 2.39. The Hall–Kier alpha value is -2.66. The zero-order valence-corrected chi connectivity index (χ0v) is 16.0. The molecule has 0 bridgehead atoms. The molecule has 1 fully saturated rings. The quantitative estimate of drug-likeness (QED) is 0.515. The Balaban J connectivity index is 1.61. The molecular formula is C22H21N3OS. The molecule has 1 N–H and O–H groups in total. The number of hydrogen-bond donors (Lipinski definition) is 1. The lowest BCUT2D eigenvalue weighted by Gasteiger charge is -2.33. The normalized spacial score (nSPS) is 21.9. The summed E-state index contributed by atoms with van der Waals surface area (Å²) in [5.74, 6) is 0.475. The van der Waals surface area contributed by atoms with Crippen LogP contribution in [-0.4, -0.2) is 23.0 Å². The maximum atomic E-state index is 5.10. The molecule has 3 aromatic rings. The van der Waals surface area contributed by atoms with Crippen LogP contribution >= 0.6 is 11.3 Å². The summed E-state index contributed by atoms with van der Waals surface area (Å²) in [4.78, 5) is 5.10. The van der Waals surface area contributed by atoms with Gasteiger partial charge in [0.2, 0.25) is 0 Å². The van der Waals surface area contributed by atoms with Gasteiger partial charge in [-0.15, -0.1) is 0 Å². The highest BCUT2D eigenvalue weighted by atomic mass is 32.1. The molecule has 2 aromatic heterocycles. The third kappa shape index (κ3) is 2.73. The number of fused-ring (bicyclic) bond motifs is 1. The third-order valence-electron chi connectivity index (χ3n) is 5.59. The van der Waals surface area contributed by atoms with Crippen LogP contribution in [0.2, 0.25) is 0 Å². The van der Waals surface area contributed by atoms with E-state index in [2.05, 4.69) is 74.7 Å². The van der Waals surface area contributed by atoms with Crippen LogP contribution in [0.5, 0.6) is 0 Å². The molecule has 136 valence electrons. The maximum absolute atomic E-state index is 5.10. The van der Waals surface area contributed by atoms with Crippen molar-refractivity contribution in [1.29, 1.82) is 0 Å². The first-order valence-electron chi connectivity index (χ1n) is 9.28. The fourth-order valence-electron chi connectivity index (χ4n) is 4.04. The molecule has 1 saturated carbocycles. The van der Waals surface area contributed by atoms with Gasteiger partial charge in [0.1, 0.15) is 18.5 Å². The Bertz CT molecular complexity index is 1000. The highest BCUT2D eigenvalue weighted by molar-refractivity contribution is 7.08. The molecule has 2 aliphatic carbocycles. The van der Waals surface area contributed by atoms with E-state index in [-0.39, 0.29) is 5.41 Å². The van der Waals surface area contributed by atoms with Gasteiger partial charge in [0.15, 0.2) is 0 Å². The zero-order chi connectivity index (χ0) is 18.3. The predicted octanol–water partition coefficient (Wildman–Crippen LogP) is 4.79. The van der Waals surface area contributed by atoms with Crippen LogP contribution in [0, 0.1) is 5.92 Å². The lowest BCUT2D eigenvalue weighted by molar-refractivity contribution is 0.212. The minimum Gasteiger partial charge on any atom is -0.399 e. The second-order valence-corrected chi connectivity index (χ2v) is 8.04. The smallest absolute Gasteiger partial charge is 0.117 e. The first kappa shape index (κ1) is 16.5. The van der Waals surface area contributed by atoms with E-state index in [4.69, 9.17) is 4.84 Å². The number of H-pyrrole nitrogens is 1. The summed E-state index contributed by atoms with van der Waals surface area (Å²) in [6, 6.07) is 13.0. The number of hydrogen-bond acceptors (Lipinski definition) is 4. The highest BCUT2D eigenvalue weighted by Crippen LogP contribution is 2.43. The van der Waals surface area contributed by atoms with E-state index in [9.17, 15) is 0 Å². The van der Waals surface area contributed by atoms with Gasteiger partial charge in [0, 0.05) is 29.0 Å². The van der Waals surface area contributed by atoms with E-state index >= 15 is 0 Å². The van der Waals surface area contributed by atoms with Crippen LogP contribution in [0.25, 0.3) is 6.08 Å². The van der Waals surface area contributed by atoms with Gasteiger partial charge in [-0.2, -0.15) is 16.4 Å². The molecule has 1 aromatic carbocycles. The van der Waals surface area contributed by atoms with Crippen LogP contribution in [0.1, 0.15) is 40.9 Å². The van der Waals surface area contributed by atoms with Crippen molar-refractivity contribution in [3.8, 4) is 0 Å². The van der Waals surface area contributed by atoms with Crippen molar-refractivity contribution in [2.24, 2.45) is 11.1 Å². The topological polar surface area (TPSA) is 50.3 Å². The first-order chi connectivity index (χ1) is 13.3. The van der Waals surface area contributed by atoms with Crippen molar-refractivity contribution in [1.82, 2.24) is 10.2 Å². The van der Waals surface area contributed by atoms with Gasteiger partial charge in [-0.05, 0) is 40.8 Å². The number of allylic oxidation sites excluding steroid dienone is 1. The number of aromatic amines is 1. The summed E-state index contributed by atoms with van der Waals surface area (Å²) in [6.07, 6.45) is 7.74. The Morgan fingerprint density at radius 2 is 2.07 bits per heavy atom. The van der Waals surface area contributed by atoms with E-state index in [1.54, 1.807) is 18.4 Å². The van der Waals surface area contributed by atoms with Crippen molar-refractivity contribution in [3.63, 3.8) is 0 Å². The molecule has 0 aliphatic heterocycles. The lowest BCUT2D eigenvalue weighted by Crippen LogP contribution is -2.30. The summed E-state index contributed by atoms with van der Waals surface area (Å²) in [7, 11) is 1.61. The molecule has 0 amide bonds. The summed E-state index contributed by atoms with van der Waals surface area (Å²) >= 11 is 1.74. The maximum Gasteiger partial charge on any atom is 0.117 e. The molecule has 1 unspecified atom stereocenters. The summed E-state index contributed by atoms with van der Waals surface area (Å²) < 4.78 is 0. The van der Waals surface area contributed by atoms with Crippen molar-refractivity contribution in [2.75, 3.05) is 7.11 Å². The van der Waals surface area contributed by atoms with Crippen molar-refractivity contribution < 1.29 is 4.84 Å². The SMILES string of the molecule is CO/N=C(/c1n[nH]c2c1C=CC(c1ccccc1)(c1ccsc1)C2)C1CC1. The van der Waals surface area contributed by atoms with Crippen LogP contribution in [0.15, 0.2) is 58.4 Å². The molecule has 0 saturated heterocycles. The standard InChI is InChI=1S/C22H21N3OS/c1-26-25-20(15-7-8-15)21-18-9-11-22(13-19(18)23-24-21,17-10-12-27-14-17)16-5-3-2-4-6-16/h2-6,9-12,14-15H,7-8,13H2,1H3,(H,23,24)/b25-20+. The van der Waals surface area contributed by atoms with E-state index in [0.717, 1.165) is 41.9 Å². The Kier molecular flexibility index (Phi) is 3.97. The summed E-state index contributed by atoms with van der Waals surface area (Å²) in [6.45, 7) is 0. The van der Waals surface area contributed by atoms with Crippen molar-refractivity contribution in [3.05, 3.63) is 81.3 Å². The van der Waals surface area contributed by atoms with Crippen LogP contribution in [-0.2, 0) is 16.7 Å². The van der Waals surface area contributed by atoms with Crippen molar-refractivity contribution in [2.45, 2.75) is 24.7 Å². The van der Waals surface area contributed by atoms with Gasteiger partial charge < -0.3 is 4.84 Å². The van der Waals surface area contributed by atoms with Gasteiger partial charge >= 0.3 is 0 Å². The minimum absolute atomic E-state index is 0.170. The average Bonchev–Trinajstić information content (AvgIpc) is 3.24. The van der Waals surface area contributed by atoms with Gasteiger partial charge in [0.25, 0.3) is 0 Å². The fraction of sp³-hybridized carbons (Fsp3) is 0.273. The molecule has 4 nitrogen and oxygen atoms in total. The number of nitrogens with zero attached hydrogens (tertiary/aromatic N) is 2. The van der Waals surface area contributed by atoms with Gasteiger partial charge in [0.05, 0.1) is 0 Å². The number of benzene rings is 1. The van der Waals surface area contributed by atoms with Gasteiger partial charge in [-0.1, -0.05) is 47.6 Å². The number of rotatable bonds is 5. The van der Waals surface area contributed by atoms with Crippen LogP contribution in [0.3, 0.4) is 0 Å². The number of nitrogens with one attached hydrogen (secondary N) is 1. The van der Waals surface area contributed by atoms with E-state index in [1.165, 1.54) is 11.1 Å². The monoisotopic (exact) mass is 375 g/mol. The first-order valence-corrected chi connectivity index (χ1v) is 10.2. The molecule has 2 heterocycles. The van der Waals surface area contributed by atoms with Crippen LogP contribution < -0.4 is 0 Å². The fourth-order valence-corrected chi connectivity index (χ4v) is 4.78. The van der Waals surface area contributed by atoms with Crippen molar-refractivity contribution >= 4 is 23.1 Å². The Morgan fingerprint density at radius 3 is 2.78 bits per heavy atom. The largest absolute Gasteiger partial charge is 0.399 e. The second-order valence-electron chi connectivity index (χ2n) is 7.26. The average molecular weight is 375 g/mol. The van der Waals surface area contributed by atoms with E-state index in [1.807, 2.05) is 0 Å². The summed E-state index contributed by atoms with van der Waals surface area (Å²) in [5.41, 5.74) is 6.68.